The lowest BCUT2D eigenvalue weighted by Gasteiger charge is -2.09. The molecule has 2 aromatic carbocycles. The van der Waals surface area contributed by atoms with Gasteiger partial charge in [0.25, 0.3) is 0 Å². The summed E-state index contributed by atoms with van der Waals surface area (Å²) >= 11 is 1.79. The minimum absolute atomic E-state index is 0.215. The van der Waals surface area contributed by atoms with Crippen molar-refractivity contribution in [3.8, 4) is 17.0 Å². The van der Waals surface area contributed by atoms with Crippen molar-refractivity contribution < 1.29 is 13.7 Å². The number of hydrogen-bond donors (Lipinski definition) is 1. The molecule has 3 aromatic rings. The molecule has 26 heavy (non-hydrogen) atoms. The molecule has 0 saturated carbocycles. The van der Waals surface area contributed by atoms with Gasteiger partial charge in [-0.25, -0.2) is 4.39 Å². The van der Waals surface area contributed by atoms with Gasteiger partial charge in [-0.2, -0.15) is 0 Å². The van der Waals surface area contributed by atoms with Crippen LogP contribution in [0.15, 0.2) is 57.9 Å². The smallest absolute Gasteiger partial charge is 0.151 e. The van der Waals surface area contributed by atoms with Crippen LogP contribution < -0.4 is 10.1 Å². The third kappa shape index (κ3) is 3.92. The fourth-order valence-corrected chi connectivity index (χ4v) is 3.95. The zero-order valence-electron chi connectivity index (χ0n) is 14.2. The highest BCUT2D eigenvalue weighted by molar-refractivity contribution is 7.99. The number of aromatic nitrogens is 1. The average Bonchev–Trinajstić information content (AvgIpc) is 3.27. The highest BCUT2D eigenvalue weighted by atomic mass is 32.2. The van der Waals surface area contributed by atoms with Crippen molar-refractivity contribution in [2.24, 2.45) is 0 Å². The molecule has 0 radical (unpaired) electrons. The Kier molecular flexibility index (Phi) is 5.22. The molecule has 1 aromatic heterocycles. The summed E-state index contributed by atoms with van der Waals surface area (Å²) in [5.41, 5.74) is 2.97. The van der Waals surface area contributed by atoms with Crippen LogP contribution in [0.5, 0.6) is 5.75 Å². The number of benzene rings is 2. The van der Waals surface area contributed by atoms with Crippen LogP contribution in [-0.4, -0.2) is 24.1 Å². The molecule has 1 aliphatic rings. The van der Waals surface area contributed by atoms with E-state index in [2.05, 4.69) is 10.5 Å². The zero-order chi connectivity index (χ0) is 17.8. The van der Waals surface area contributed by atoms with E-state index in [1.165, 1.54) is 12.1 Å². The Morgan fingerprint density at radius 2 is 2.08 bits per heavy atom. The molecule has 0 amide bonds. The number of rotatable bonds is 7. The Labute approximate surface area is 155 Å². The second kappa shape index (κ2) is 7.93. The third-order valence-corrected chi connectivity index (χ3v) is 5.31. The molecule has 4 nitrogen and oxygen atoms in total. The van der Waals surface area contributed by atoms with Crippen LogP contribution in [0, 0.1) is 5.82 Å². The molecular weight excluding hydrogens is 351 g/mol. The number of aryl methyl sites for hydroxylation is 1. The maximum atomic E-state index is 12.9. The van der Waals surface area contributed by atoms with Gasteiger partial charge in [0.2, 0.25) is 0 Å². The Bertz CT molecular complexity index is 880. The van der Waals surface area contributed by atoms with Crippen LogP contribution in [0.3, 0.4) is 0 Å². The van der Waals surface area contributed by atoms with Gasteiger partial charge in [-0.05, 0) is 29.8 Å². The highest BCUT2D eigenvalue weighted by Crippen LogP contribution is 2.39. The van der Waals surface area contributed by atoms with Crippen LogP contribution in [0.1, 0.15) is 11.3 Å². The summed E-state index contributed by atoms with van der Waals surface area (Å²) in [6, 6.07) is 14.4. The van der Waals surface area contributed by atoms with Gasteiger partial charge < -0.3 is 14.6 Å². The predicted octanol–water partition coefficient (Wildman–Crippen LogP) is 4.30. The molecule has 2 heterocycles. The second-order valence-corrected chi connectivity index (χ2v) is 7.17. The van der Waals surface area contributed by atoms with Crippen LogP contribution >= 0.6 is 11.8 Å². The summed E-state index contributed by atoms with van der Waals surface area (Å²) in [4.78, 5) is 1.16. The first-order valence-electron chi connectivity index (χ1n) is 8.59. The summed E-state index contributed by atoms with van der Waals surface area (Å²) in [6.45, 7) is 1.94. The minimum Gasteiger partial charge on any atom is -0.492 e. The monoisotopic (exact) mass is 370 g/mol. The maximum absolute atomic E-state index is 12.9. The van der Waals surface area contributed by atoms with Gasteiger partial charge in [-0.3, -0.25) is 0 Å². The van der Waals surface area contributed by atoms with Gasteiger partial charge in [0.15, 0.2) is 5.76 Å². The van der Waals surface area contributed by atoms with Gasteiger partial charge in [0.05, 0.1) is 4.90 Å². The van der Waals surface area contributed by atoms with Crippen LogP contribution in [0.2, 0.25) is 0 Å². The molecule has 0 unspecified atom stereocenters. The summed E-state index contributed by atoms with van der Waals surface area (Å²) in [5, 5.41) is 7.50. The topological polar surface area (TPSA) is 47.3 Å². The minimum atomic E-state index is -0.215. The molecule has 0 fully saturated rings. The quantitative estimate of drug-likeness (QED) is 0.629. The van der Waals surface area contributed by atoms with Gasteiger partial charge >= 0.3 is 0 Å². The van der Waals surface area contributed by atoms with Gasteiger partial charge in [-0.15, -0.1) is 11.8 Å². The number of thioether (sulfide) groups is 1. The largest absolute Gasteiger partial charge is 0.492 e. The number of nitrogens with one attached hydrogen (secondary N) is 1. The Hall–Kier alpha value is -2.31. The molecule has 0 bridgehead atoms. The highest BCUT2D eigenvalue weighted by Gasteiger charge is 2.22. The average molecular weight is 370 g/mol. The molecule has 134 valence electrons. The molecule has 1 N–H and O–H groups in total. The van der Waals surface area contributed by atoms with E-state index in [0.29, 0.717) is 19.7 Å². The van der Waals surface area contributed by atoms with Crippen molar-refractivity contribution in [2.45, 2.75) is 17.9 Å². The van der Waals surface area contributed by atoms with Crippen molar-refractivity contribution in [2.75, 3.05) is 18.9 Å². The van der Waals surface area contributed by atoms with E-state index in [1.54, 1.807) is 23.9 Å². The van der Waals surface area contributed by atoms with E-state index >= 15 is 0 Å². The molecule has 0 aliphatic carbocycles. The first-order chi connectivity index (χ1) is 12.8. The normalized spacial score (nSPS) is 13.0. The summed E-state index contributed by atoms with van der Waals surface area (Å²) in [7, 11) is 0. The fraction of sp³-hybridized carbons (Fsp3) is 0.250. The third-order valence-electron chi connectivity index (χ3n) is 4.19. The molecule has 0 spiro atoms. The van der Waals surface area contributed by atoms with Crippen molar-refractivity contribution >= 4 is 11.8 Å². The number of hydrogen-bond acceptors (Lipinski definition) is 5. The van der Waals surface area contributed by atoms with Gasteiger partial charge in [-0.1, -0.05) is 29.4 Å². The second-order valence-electron chi connectivity index (χ2n) is 6.06. The Morgan fingerprint density at radius 3 is 2.96 bits per heavy atom. The predicted molar refractivity (Wildman–Crippen MR) is 100.0 cm³/mol. The summed E-state index contributed by atoms with van der Waals surface area (Å²) in [5.74, 6) is 2.64. The van der Waals surface area contributed by atoms with Gasteiger partial charge in [0.1, 0.15) is 23.9 Å². The lowest BCUT2D eigenvalue weighted by atomic mass is 10.1. The van der Waals surface area contributed by atoms with Gasteiger partial charge in [0, 0.05) is 30.8 Å². The number of fused-ring (bicyclic) bond motifs is 1. The van der Waals surface area contributed by atoms with Crippen LogP contribution in [0.4, 0.5) is 4.39 Å². The van der Waals surface area contributed by atoms with E-state index in [1.807, 2.05) is 24.3 Å². The SMILES string of the molecule is Fc1ccc(CNCCOc2cccc(-c3noc4c3SCC4)c2)cc1. The first-order valence-corrected chi connectivity index (χ1v) is 9.58. The van der Waals surface area contributed by atoms with Crippen molar-refractivity contribution in [3.63, 3.8) is 0 Å². The molecule has 4 rings (SSSR count). The lowest BCUT2D eigenvalue weighted by Crippen LogP contribution is -2.20. The molecule has 1 aliphatic heterocycles. The van der Waals surface area contributed by atoms with Crippen molar-refractivity contribution in [3.05, 3.63) is 65.7 Å². The molecule has 6 heteroatoms. The summed E-state index contributed by atoms with van der Waals surface area (Å²) < 4.78 is 24.1. The van der Waals surface area contributed by atoms with Crippen molar-refractivity contribution in [1.82, 2.24) is 10.5 Å². The van der Waals surface area contributed by atoms with E-state index in [9.17, 15) is 4.39 Å². The summed E-state index contributed by atoms with van der Waals surface area (Å²) in [6.07, 6.45) is 0.947. The number of halogens is 1. The first kappa shape index (κ1) is 17.1. The fourth-order valence-electron chi connectivity index (χ4n) is 2.86. The van der Waals surface area contributed by atoms with Crippen molar-refractivity contribution in [1.29, 1.82) is 0 Å². The number of nitrogens with zero attached hydrogens (tertiary/aromatic N) is 1. The maximum Gasteiger partial charge on any atom is 0.151 e. The standard InChI is InChI=1S/C20H19FN2O2S/c21-16-6-4-14(5-7-16)13-22-9-10-24-17-3-1-2-15(12-17)19-20-18(25-23-19)8-11-26-20/h1-7,12,22H,8-11,13H2. The Morgan fingerprint density at radius 1 is 1.19 bits per heavy atom. The van der Waals surface area contributed by atoms with E-state index < -0.39 is 0 Å². The van der Waals surface area contributed by atoms with E-state index in [0.717, 1.165) is 45.4 Å². The molecule has 0 saturated heterocycles. The van der Waals surface area contributed by atoms with Crippen LogP contribution in [0.25, 0.3) is 11.3 Å². The van der Waals surface area contributed by atoms with E-state index in [-0.39, 0.29) is 5.82 Å². The Balaban J connectivity index is 1.29. The van der Waals surface area contributed by atoms with Crippen LogP contribution in [-0.2, 0) is 13.0 Å². The lowest BCUT2D eigenvalue weighted by molar-refractivity contribution is 0.313. The molecular formula is C20H19FN2O2S. The van der Waals surface area contributed by atoms with E-state index in [4.69, 9.17) is 9.26 Å². The molecule has 0 atom stereocenters. The number of ether oxygens (including phenoxy) is 1. The zero-order valence-corrected chi connectivity index (χ0v) is 15.0.